The second kappa shape index (κ2) is 23.9. The van der Waals surface area contributed by atoms with E-state index in [2.05, 4.69) is 31.4 Å². The van der Waals surface area contributed by atoms with E-state index in [1.165, 1.54) is 50.3 Å². The van der Waals surface area contributed by atoms with Gasteiger partial charge in [-0.05, 0) is 38.5 Å². The lowest BCUT2D eigenvalue weighted by atomic mass is 9.98. The second-order valence-corrected chi connectivity index (χ2v) is 7.06. The molecule has 1 aliphatic rings. The molecule has 1 fully saturated rings. The molecule has 0 heterocycles. The molecule has 1 rings (SSSR count). The van der Waals surface area contributed by atoms with E-state index in [9.17, 15) is 14.4 Å². The Morgan fingerprint density at radius 1 is 0.710 bits per heavy atom. The fourth-order valence-electron chi connectivity index (χ4n) is 2.53. The van der Waals surface area contributed by atoms with Crippen molar-refractivity contribution in [2.75, 3.05) is 13.2 Å². The molecule has 0 aromatic heterocycles. The average Bonchev–Trinajstić information content (AvgIpc) is 2.80. The minimum Gasteiger partial charge on any atom is -0.463 e. The van der Waals surface area contributed by atoms with E-state index in [-0.39, 0.29) is 24.0 Å². The van der Waals surface area contributed by atoms with Crippen LogP contribution in [0.3, 0.4) is 0 Å². The van der Waals surface area contributed by atoms with Crippen LogP contribution < -0.4 is 0 Å². The van der Waals surface area contributed by atoms with E-state index >= 15 is 0 Å². The summed E-state index contributed by atoms with van der Waals surface area (Å²) in [6.07, 6.45) is 16.0. The van der Waals surface area contributed by atoms with Crippen molar-refractivity contribution in [3.05, 3.63) is 38.0 Å². The zero-order chi connectivity index (χ0) is 23.7. The van der Waals surface area contributed by atoms with E-state index in [1.54, 1.807) is 0 Å². The Balaban J connectivity index is 0. The molecule has 178 valence electrons. The number of ether oxygens (including phenoxy) is 3. The third-order valence-corrected chi connectivity index (χ3v) is 4.32. The molecule has 0 spiro atoms. The monoisotopic (exact) mass is 438 g/mol. The first-order valence-electron chi connectivity index (χ1n) is 11.4. The summed E-state index contributed by atoms with van der Waals surface area (Å²) in [6.45, 7) is 15.2. The predicted octanol–water partition coefficient (Wildman–Crippen LogP) is 5.86. The van der Waals surface area contributed by atoms with Gasteiger partial charge in [-0.1, -0.05) is 65.7 Å². The Morgan fingerprint density at radius 2 is 1.19 bits per heavy atom. The first-order chi connectivity index (χ1) is 14.9. The first-order valence-corrected chi connectivity index (χ1v) is 11.4. The van der Waals surface area contributed by atoms with Gasteiger partial charge < -0.3 is 14.2 Å². The van der Waals surface area contributed by atoms with Gasteiger partial charge in [0.05, 0.1) is 13.2 Å². The Labute approximate surface area is 188 Å². The highest BCUT2D eigenvalue weighted by atomic mass is 16.5. The molecule has 6 heteroatoms. The van der Waals surface area contributed by atoms with Crippen LogP contribution in [0.5, 0.6) is 0 Å². The SMILES string of the molecule is C=CC(=O)OC1CCCCC1.C=CC(=O)OCCCC.C=CC(=O)OCCCCCC. The normalized spacial score (nSPS) is 12.6. The molecule has 0 amide bonds. The summed E-state index contributed by atoms with van der Waals surface area (Å²) in [6, 6.07) is 0. The van der Waals surface area contributed by atoms with Gasteiger partial charge in [-0.2, -0.15) is 0 Å². The largest absolute Gasteiger partial charge is 0.463 e. The van der Waals surface area contributed by atoms with Crippen LogP contribution in [0.25, 0.3) is 0 Å². The molecule has 0 radical (unpaired) electrons. The lowest BCUT2D eigenvalue weighted by Crippen LogP contribution is -2.19. The standard InChI is InChI=1S/C9H14O2.C9H16O2.C7H12O2/c1-2-9(10)11-8-6-4-3-5-7-8;1-3-5-6-7-8-11-9(10)4-2;1-3-5-6-9-7(8)4-2/h2,8H,1,3-7H2;4H,2-3,5-8H2,1H3;4H,2-3,5-6H2,1H3. The summed E-state index contributed by atoms with van der Waals surface area (Å²) in [5, 5.41) is 0. The molecule has 0 unspecified atom stereocenters. The van der Waals surface area contributed by atoms with Crippen molar-refractivity contribution in [1.82, 2.24) is 0 Å². The van der Waals surface area contributed by atoms with Crippen LogP contribution in [0.2, 0.25) is 0 Å². The van der Waals surface area contributed by atoms with Gasteiger partial charge in [0.2, 0.25) is 0 Å². The summed E-state index contributed by atoms with van der Waals surface area (Å²) < 4.78 is 14.5. The van der Waals surface area contributed by atoms with Gasteiger partial charge in [0.25, 0.3) is 0 Å². The molecule has 0 aromatic carbocycles. The molecule has 1 saturated carbocycles. The zero-order valence-corrected chi connectivity index (χ0v) is 19.6. The number of hydrogen-bond acceptors (Lipinski definition) is 6. The van der Waals surface area contributed by atoms with Crippen molar-refractivity contribution >= 4 is 17.9 Å². The molecule has 0 saturated heterocycles. The summed E-state index contributed by atoms with van der Waals surface area (Å²) in [5.74, 6) is -0.929. The predicted molar refractivity (Wildman–Crippen MR) is 125 cm³/mol. The first kappa shape index (κ1) is 30.8. The Hall–Kier alpha value is -2.37. The van der Waals surface area contributed by atoms with Crippen LogP contribution in [-0.2, 0) is 28.6 Å². The van der Waals surface area contributed by atoms with Gasteiger partial charge in [-0.3, -0.25) is 0 Å². The number of unbranched alkanes of at least 4 members (excludes halogenated alkanes) is 4. The average molecular weight is 439 g/mol. The van der Waals surface area contributed by atoms with Gasteiger partial charge in [0.1, 0.15) is 6.10 Å². The number of rotatable bonds is 12. The lowest BCUT2D eigenvalue weighted by molar-refractivity contribution is -0.144. The van der Waals surface area contributed by atoms with Crippen molar-refractivity contribution in [3.8, 4) is 0 Å². The molecule has 1 aliphatic carbocycles. The van der Waals surface area contributed by atoms with E-state index in [4.69, 9.17) is 9.47 Å². The van der Waals surface area contributed by atoms with Gasteiger partial charge in [-0.15, -0.1) is 0 Å². The van der Waals surface area contributed by atoms with Crippen LogP contribution in [0.4, 0.5) is 0 Å². The van der Waals surface area contributed by atoms with Crippen molar-refractivity contribution in [1.29, 1.82) is 0 Å². The Morgan fingerprint density at radius 3 is 1.65 bits per heavy atom. The minimum atomic E-state index is -0.330. The molecule has 0 bridgehead atoms. The molecular formula is C25H42O6. The molecule has 0 N–H and O–H groups in total. The Kier molecular flexibility index (Phi) is 23.8. The highest BCUT2D eigenvalue weighted by molar-refractivity contribution is 5.81. The van der Waals surface area contributed by atoms with Crippen LogP contribution in [-0.4, -0.2) is 37.2 Å². The fraction of sp³-hybridized carbons (Fsp3) is 0.640. The van der Waals surface area contributed by atoms with Crippen LogP contribution in [0.15, 0.2) is 38.0 Å². The van der Waals surface area contributed by atoms with Crippen molar-refractivity contribution < 1.29 is 28.6 Å². The fourth-order valence-corrected chi connectivity index (χ4v) is 2.53. The molecule has 0 atom stereocenters. The number of esters is 3. The van der Waals surface area contributed by atoms with Crippen molar-refractivity contribution in [3.63, 3.8) is 0 Å². The molecule has 0 aliphatic heterocycles. The number of carbonyl (C=O) groups excluding carboxylic acids is 3. The Bertz CT molecular complexity index is 506. The highest BCUT2D eigenvalue weighted by Crippen LogP contribution is 2.20. The maximum absolute atomic E-state index is 10.7. The van der Waals surface area contributed by atoms with Crippen molar-refractivity contribution in [2.45, 2.75) is 90.6 Å². The minimum absolute atomic E-state index is 0.161. The third kappa shape index (κ3) is 23.8. The highest BCUT2D eigenvalue weighted by Gasteiger charge is 2.15. The summed E-state index contributed by atoms with van der Waals surface area (Å²) in [5.41, 5.74) is 0. The number of hydrogen-bond donors (Lipinski definition) is 0. The summed E-state index contributed by atoms with van der Waals surface area (Å²) in [7, 11) is 0. The maximum atomic E-state index is 10.7. The van der Waals surface area contributed by atoms with Crippen LogP contribution in [0, 0.1) is 0 Å². The van der Waals surface area contributed by atoms with Crippen LogP contribution >= 0.6 is 0 Å². The smallest absolute Gasteiger partial charge is 0.330 e. The quantitative estimate of drug-likeness (QED) is 0.164. The van der Waals surface area contributed by atoms with E-state index in [0.29, 0.717) is 13.2 Å². The van der Waals surface area contributed by atoms with Crippen LogP contribution in [0.1, 0.15) is 84.5 Å². The second-order valence-electron chi connectivity index (χ2n) is 7.06. The van der Waals surface area contributed by atoms with Gasteiger partial charge in [0.15, 0.2) is 0 Å². The van der Waals surface area contributed by atoms with E-state index in [1.807, 2.05) is 6.92 Å². The van der Waals surface area contributed by atoms with Gasteiger partial charge in [0, 0.05) is 18.2 Å². The zero-order valence-electron chi connectivity index (χ0n) is 19.6. The lowest BCUT2D eigenvalue weighted by Gasteiger charge is -2.20. The maximum Gasteiger partial charge on any atom is 0.330 e. The van der Waals surface area contributed by atoms with Gasteiger partial charge in [-0.25, -0.2) is 14.4 Å². The van der Waals surface area contributed by atoms with E-state index in [0.717, 1.165) is 38.5 Å². The molecule has 6 nitrogen and oxygen atoms in total. The topological polar surface area (TPSA) is 78.9 Å². The summed E-state index contributed by atoms with van der Waals surface area (Å²) in [4.78, 5) is 31.6. The molecule has 0 aromatic rings. The third-order valence-electron chi connectivity index (χ3n) is 4.32. The number of carbonyl (C=O) groups is 3. The van der Waals surface area contributed by atoms with E-state index < -0.39 is 0 Å². The van der Waals surface area contributed by atoms with Gasteiger partial charge >= 0.3 is 17.9 Å². The molecule has 31 heavy (non-hydrogen) atoms. The van der Waals surface area contributed by atoms with Crippen molar-refractivity contribution in [2.24, 2.45) is 0 Å². The summed E-state index contributed by atoms with van der Waals surface area (Å²) >= 11 is 0. The molecular weight excluding hydrogens is 396 g/mol.